The molecule has 1 spiro atoms. The average molecular weight is 510 g/mol. The van der Waals surface area contributed by atoms with Crippen LogP contribution in [0.5, 0.6) is 0 Å². The van der Waals surface area contributed by atoms with E-state index in [2.05, 4.69) is 14.9 Å². The van der Waals surface area contributed by atoms with Crippen LogP contribution in [-0.4, -0.2) is 70.7 Å². The van der Waals surface area contributed by atoms with Gasteiger partial charge in [-0.3, -0.25) is 4.90 Å². The molecule has 2 aromatic rings. The van der Waals surface area contributed by atoms with E-state index in [9.17, 15) is 18.0 Å². The molecule has 0 bridgehead atoms. The van der Waals surface area contributed by atoms with E-state index in [-0.39, 0.29) is 23.7 Å². The fourth-order valence-corrected chi connectivity index (χ4v) is 5.51. The molecule has 7 nitrogen and oxygen atoms in total. The molecule has 11 heteroatoms. The lowest BCUT2D eigenvalue weighted by Gasteiger charge is -2.58. The van der Waals surface area contributed by atoms with Crippen molar-refractivity contribution in [2.75, 3.05) is 37.6 Å². The van der Waals surface area contributed by atoms with Crippen molar-refractivity contribution in [3.05, 3.63) is 52.9 Å². The minimum atomic E-state index is -4.52. The second-order valence-electron chi connectivity index (χ2n) is 9.93. The molecule has 1 aromatic heterocycles. The molecule has 1 aromatic carbocycles. The SMILES string of the molecule is C[C@@H]1CN(c2cnc(C(F)(F)F)cn2)CCN1C(=O)OC1CC2(C1)CN(Cc1ccc(Cl)cc1)C2. The van der Waals surface area contributed by atoms with Crippen LogP contribution in [0.3, 0.4) is 0 Å². The van der Waals surface area contributed by atoms with Crippen molar-refractivity contribution in [3.63, 3.8) is 0 Å². The number of anilines is 1. The number of ether oxygens (including phenoxy) is 1. The van der Waals surface area contributed by atoms with Crippen molar-refractivity contribution in [2.24, 2.45) is 5.41 Å². The fraction of sp³-hybridized carbons (Fsp3) is 0.542. The van der Waals surface area contributed by atoms with Crippen LogP contribution in [0.25, 0.3) is 0 Å². The number of halogens is 4. The van der Waals surface area contributed by atoms with Crippen LogP contribution in [0.4, 0.5) is 23.8 Å². The van der Waals surface area contributed by atoms with Crippen molar-refractivity contribution in [1.82, 2.24) is 19.8 Å². The lowest BCUT2D eigenvalue weighted by atomic mass is 9.61. The third-order valence-electron chi connectivity index (χ3n) is 7.14. The zero-order chi connectivity index (χ0) is 24.8. The first-order valence-corrected chi connectivity index (χ1v) is 12.1. The fourth-order valence-electron chi connectivity index (χ4n) is 5.39. The maximum Gasteiger partial charge on any atom is 0.434 e. The molecule has 3 aliphatic rings. The number of rotatable bonds is 4. The smallest absolute Gasteiger partial charge is 0.434 e. The number of nitrogens with zero attached hydrogens (tertiary/aromatic N) is 5. The number of carbonyl (C=O) groups excluding carboxylic acids is 1. The summed E-state index contributed by atoms with van der Waals surface area (Å²) in [6.07, 6.45) is -1.28. The van der Waals surface area contributed by atoms with Gasteiger partial charge in [-0.15, -0.1) is 0 Å². The van der Waals surface area contributed by atoms with E-state index in [1.54, 1.807) is 4.90 Å². The molecule has 2 saturated heterocycles. The van der Waals surface area contributed by atoms with Gasteiger partial charge in [0.15, 0.2) is 5.69 Å². The Morgan fingerprint density at radius 3 is 2.46 bits per heavy atom. The molecule has 3 fully saturated rings. The highest BCUT2D eigenvalue weighted by Gasteiger charge is 2.53. The zero-order valence-corrected chi connectivity index (χ0v) is 20.1. The van der Waals surface area contributed by atoms with Crippen LogP contribution in [0.1, 0.15) is 31.0 Å². The Balaban J connectivity index is 1.05. The van der Waals surface area contributed by atoms with Gasteiger partial charge < -0.3 is 14.5 Å². The van der Waals surface area contributed by atoms with Crippen LogP contribution in [-0.2, 0) is 17.5 Å². The molecule has 1 saturated carbocycles. The van der Waals surface area contributed by atoms with E-state index < -0.39 is 11.9 Å². The molecule has 1 amide bonds. The van der Waals surface area contributed by atoms with E-state index in [4.69, 9.17) is 16.3 Å². The quantitative estimate of drug-likeness (QED) is 0.606. The number of benzene rings is 1. The number of amides is 1. The summed E-state index contributed by atoms with van der Waals surface area (Å²) in [5.41, 5.74) is 0.472. The largest absolute Gasteiger partial charge is 0.446 e. The Labute approximate surface area is 206 Å². The zero-order valence-electron chi connectivity index (χ0n) is 19.3. The second-order valence-corrected chi connectivity index (χ2v) is 10.4. The molecule has 0 unspecified atom stereocenters. The Morgan fingerprint density at radius 1 is 1.14 bits per heavy atom. The minimum absolute atomic E-state index is 0.0637. The Kier molecular flexibility index (Phi) is 6.29. The summed E-state index contributed by atoms with van der Waals surface area (Å²) in [5, 5.41) is 0.737. The van der Waals surface area contributed by atoms with E-state index in [1.165, 1.54) is 5.56 Å². The van der Waals surface area contributed by atoms with Crippen LogP contribution in [0.2, 0.25) is 5.02 Å². The third kappa shape index (κ3) is 5.18. The summed E-state index contributed by atoms with van der Waals surface area (Å²) in [7, 11) is 0. The molecule has 3 heterocycles. The van der Waals surface area contributed by atoms with Gasteiger partial charge in [-0.2, -0.15) is 13.2 Å². The molecule has 0 N–H and O–H groups in total. The predicted molar refractivity (Wildman–Crippen MR) is 124 cm³/mol. The number of hydrogen-bond donors (Lipinski definition) is 0. The van der Waals surface area contributed by atoms with E-state index in [1.807, 2.05) is 36.1 Å². The third-order valence-corrected chi connectivity index (χ3v) is 7.39. The molecule has 2 aliphatic heterocycles. The summed E-state index contributed by atoms with van der Waals surface area (Å²) in [5.74, 6) is 0.368. The van der Waals surface area contributed by atoms with Crippen molar-refractivity contribution in [2.45, 2.75) is 44.6 Å². The Hall–Kier alpha value is -2.59. The average Bonchev–Trinajstić information content (AvgIpc) is 2.77. The van der Waals surface area contributed by atoms with E-state index >= 15 is 0 Å². The van der Waals surface area contributed by atoms with Gasteiger partial charge in [-0.1, -0.05) is 23.7 Å². The lowest BCUT2D eigenvalue weighted by molar-refractivity contribution is -0.141. The van der Waals surface area contributed by atoms with E-state index in [0.29, 0.717) is 25.5 Å². The minimum Gasteiger partial charge on any atom is -0.446 e. The van der Waals surface area contributed by atoms with Crippen molar-refractivity contribution >= 4 is 23.5 Å². The van der Waals surface area contributed by atoms with Crippen LogP contribution in [0.15, 0.2) is 36.7 Å². The number of hydrogen-bond acceptors (Lipinski definition) is 6. The van der Waals surface area contributed by atoms with Crippen LogP contribution in [0, 0.1) is 5.41 Å². The first-order chi connectivity index (χ1) is 16.6. The van der Waals surface area contributed by atoms with Crippen LogP contribution >= 0.6 is 11.6 Å². The topological polar surface area (TPSA) is 61.8 Å². The highest BCUT2D eigenvalue weighted by atomic mass is 35.5. The normalized spacial score (nSPS) is 22.6. The predicted octanol–water partition coefficient (Wildman–Crippen LogP) is 4.46. The number of aromatic nitrogens is 2. The van der Waals surface area contributed by atoms with Gasteiger partial charge in [0, 0.05) is 55.7 Å². The number of piperazine rings is 1. The van der Waals surface area contributed by atoms with Crippen molar-refractivity contribution < 1.29 is 22.7 Å². The first kappa shape index (κ1) is 24.1. The number of likely N-dealkylation sites (tertiary alicyclic amines) is 1. The molecule has 188 valence electrons. The molecule has 0 radical (unpaired) electrons. The van der Waals surface area contributed by atoms with Gasteiger partial charge in [-0.25, -0.2) is 14.8 Å². The van der Waals surface area contributed by atoms with Gasteiger partial charge in [0.1, 0.15) is 11.9 Å². The van der Waals surface area contributed by atoms with E-state index in [0.717, 1.165) is 49.9 Å². The van der Waals surface area contributed by atoms with Crippen LogP contribution < -0.4 is 4.90 Å². The number of alkyl halides is 3. The summed E-state index contributed by atoms with van der Waals surface area (Å²) in [6.45, 7) is 6.12. The highest BCUT2D eigenvalue weighted by molar-refractivity contribution is 6.30. The van der Waals surface area contributed by atoms with Crippen molar-refractivity contribution in [3.8, 4) is 0 Å². The summed E-state index contributed by atoms with van der Waals surface area (Å²) < 4.78 is 43.9. The molecular weight excluding hydrogens is 483 g/mol. The summed E-state index contributed by atoms with van der Waals surface area (Å²) in [6, 6.07) is 7.74. The molecule has 35 heavy (non-hydrogen) atoms. The van der Waals surface area contributed by atoms with Gasteiger partial charge >= 0.3 is 12.3 Å². The molecule has 1 atom stereocenters. The second kappa shape index (κ2) is 9.13. The Morgan fingerprint density at radius 2 is 1.86 bits per heavy atom. The highest BCUT2D eigenvalue weighted by Crippen LogP contribution is 2.50. The Bertz CT molecular complexity index is 1050. The monoisotopic (exact) mass is 509 g/mol. The van der Waals surface area contributed by atoms with Gasteiger partial charge in [0.2, 0.25) is 0 Å². The maximum absolute atomic E-state index is 12.8. The van der Waals surface area contributed by atoms with Crippen molar-refractivity contribution in [1.29, 1.82) is 0 Å². The molecule has 1 aliphatic carbocycles. The summed E-state index contributed by atoms with van der Waals surface area (Å²) >= 11 is 5.95. The van der Waals surface area contributed by atoms with Gasteiger partial charge in [0.25, 0.3) is 0 Å². The lowest BCUT2D eigenvalue weighted by Crippen LogP contribution is -2.64. The number of carbonyl (C=O) groups is 1. The first-order valence-electron chi connectivity index (χ1n) is 11.7. The van der Waals surface area contributed by atoms with Gasteiger partial charge in [-0.05, 0) is 37.5 Å². The maximum atomic E-state index is 12.8. The standard InChI is InChI=1S/C24H27ClF3N5O2/c1-16-12-32(21-11-29-20(10-30-21)24(26,27)28)6-7-33(16)22(34)35-19-8-23(9-19)14-31(15-23)13-17-2-4-18(25)5-3-17/h2-5,10-11,16,19H,6-9,12-15H2,1H3/t16-/m1/s1. The van der Waals surface area contributed by atoms with Gasteiger partial charge in [0.05, 0.1) is 12.4 Å². The summed E-state index contributed by atoms with van der Waals surface area (Å²) in [4.78, 5) is 26.1. The molecule has 5 rings (SSSR count). The molecular formula is C24H27ClF3N5O2.